The monoisotopic (exact) mass is 256 g/mol. The molecule has 0 atom stereocenters. The summed E-state index contributed by atoms with van der Waals surface area (Å²) in [6.45, 7) is -3.05. The predicted molar refractivity (Wildman–Crippen MR) is 58.5 cm³/mol. The van der Waals surface area contributed by atoms with Gasteiger partial charge in [-0.15, -0.1) is 0 Å². The zero-order chi connectivity index (χ0) is 13.3. The van der Waals surface area contributed by atoms with Gasteiger partial charge in [-0.25, -0.2) is 9.78 Å². The fourth-order valence-electron chi connectivity index (χ4n) is 1.55. The van der Waals surface area contributed by atoms with E-state index in [0.717, 1.165) is 10.8 Å². The van der Waals surface area contributed by atoms with E-state index in [9.17, 15) is 18.4 Å². The number of halogens is 2. The van der Waals surface area contributed by atoms with Crippen LogP contribution in [-0.2, 0) is 13.6 Å². The van der Waals surface area contributed by atoms with E-state index in [4.69, 9.17) is 0 Å². The highest BCUT2D eigenvalue weighted by Crippen LogP contribution is 2.12. The van der Waals surface area contributed by atoms with E-state index in [1.54, 1.807) is 0 Å². The zero-order valence-electron chi connectivity index (χ0n) is 9.46. The molecule has 2 rings (SSSR count). The van der Waals surface area contributed by atoms with Crippen LogP contribution >= 0.6 is 0 Å². The third-order valence-electron chi connectivity index (χ3n) is 2.50. The van der Waals surface area contributed by atoms with Crippen molar-refractivity contribution >= 4 is 0 Å². The maximum absolute atomic E-state index is 12.6. The van der Waals surface area contributed by atoms with Gasteiger partial charge < -0.3 is 4.57 Å². The zero-order valence-corrected chi connectivity index (χ0v) is 9.46. The molecule has 0 radical (unpaired) electrons. The van der Waals surface area contributed by atoms with E-state index in [-0.39, 0.29) is 12.4 Å². The molecule has 0 unspecified atom stereocenters. The van der Waals surface area contributed by atoms with Gasteiger partial charge in [0.2, 0.25) is 0 Å². The molecule has 0 aliphatic heterocycles. The van der Waals surface area contributed by atoms with Gasteiger partial charge in [-0.1, -0.05) is 0 Å². The van der Waals surface area contributed by atoms with Crippen molar-refractivity contribution in [2.45, 2.75) is 13.1 Å². The molecule has 0 aliphatic carbocycles. The first-order valence-electron chi connectivity index (χ1n) is 5.07. The standard InChI is InChI=1S/C10H10F2N4O2/c1-14-4-2-8(17)16(10(14)18)6-7-13-3-5-15(7)9(11)12/h2-5,9H,6H2,1H3. The van der Waals surface area contributed by atoms with E-state index < -0.39 is 17.8 Å². The number of alkyl halides is 2. The van der Waals surface area contributed by atoms with Crippen LogP contribution in [-0.4, -0.2) is 18.7 Å². The van der Waals surface area contributed by atoms with Crippen molar-refractivity contribution < 1.29 is 8.78 Å². The van der Waals surface area contributed by atoms with Crippen LogP contribution in [0.5, 0.6) is 0 Å². The first kappa shape index (κ1) is 12.2. The Balaban J connectivity index is 2.47. The van der Waals surface area contributed by atoms with Crippen molar-refractivity contribution in [2.75, 3.05) is 0 Å². The Labute approximate surface area is 99.7 Å². The summed E-state index contributed by atoms with van der Waals surface area (Å²) in [4.78, 5) is 26.9. The third kappa shape index (κ3) is 2.08. The van der Waals surface area contributed by atoms with Crippen LogP contribution in [0, 0.1) is 0 Å². The summed E-state index contributed by atoms with van der Waals surface area (Å²) in [6, 6.07) is 1.19. The smallest absolute Gasteiger partial charge is 0.303 e. The minimum absolute atomic E-state index is 0.0459. The average Bonchev–Trinajstić information content (AvgIpc) is 2.78. The fourth-order valence-corrected chi connectivity index (χ4v) is 1.55. The van der Waals surface area contributed by atoms with Gasteiger partial charge >= 0.3 is 12.2 Å². The Hall–Kier alpha value is -2.25. The Morgan fingerprint density at radius 3 is 2.72 bits per heavy atom. The average molecular weight is 256 g/mol. The predicted octanol–water partition coefficient (Wildman–Crippen LogP) is 0.187. The second kappa shape index (κ2) is 4.55. The van der Waals surface area contributed by atoms with Crippen molar-refractivity contribution in [1.82, 2.24) is 18.7 Å². The molecule has 0 saturated carbocycles. The number of hydrogen-bond donors (Lipinski definition) is 0. The molecule has 0 amide bonds. The molecular weight excluding hydrogens is 246 g/mol. The first-order chi connectivity index (χ1) is 8.50. The van der Waals surface area contributed by atoms with Crippen LogP contribution in [0.25, 0.3) is 0 Å². The highest BCUT2D eigenvalue weighted by atomic mass is 19.3. The maximum Gasteiger partial charge on any atom is 0.331 e. The molecule has 0 aliphatic rings. The topological polar surface area (TPSA) is 61.8 Å². The lowest BCUT2D eigenvalue weighted by Crippen LogP contribution is -2.38. The minimum Gasteiger partial charge on any atom is -0.303 e. The number of hydrogen-bond acceptors (Lipinski definition) is 3. The van der Waals surface area contributed by atoms with Crippen molar-refractivity contribution in [3.63, 3.8) is 0 Å². The fraction of sp³-hybridized carbons (Fsp3) is 0.300. The van der Waals surface area contributed by atoms with E-state index in [1.807, 2.05) is 0 Å². The lowest BCUT2D eigenvalue weighted by Gasteiger charge is -2.08. The lowest BCUT2D eigenvalue weighted by atomic mass is 10.5. The minimum atomic E-state index is -2.76. The molecule has 0 saturated heterocycles. The van der Waals surface area contributed by atoms with Gasteiger partial charge in [0, 0.05) is 31.7 Å². The number of rotatable bonds is 3. The molecule has 0 spiro atoms. The maximum atomic E-state index is 12.6. The molecule has 0 fully saturated rings. The second-order valence-corrected chi connectivity index (χ2v) is 3.66. The van der Waals surface area contributed by atoms with E-state index in [1.165, 1.54) is 30.1 Å². The largest absolute Gasteiger partial charge is 0.331 e. The second-order valence-electron chi connectivity index (χ2n) is 3.66. The van der Waals surface area contributed by atoms with Gasteiger partial charge in [-0.2, -0.15) is 8.78 Å². The van der Waals surface area contributed by atoms with Gasteiger partial charge in [0.05, 0.1) is 6.54 Å². The first-order valence-corrected chi connectivity index (χ1v) is 5.07. The van der Waals surface area contributed by atoms with Crippen LogP contribution in [0.4, 0.5) is 8.78 Å². The summed E-state index contributed by atoms with van der Waals surface area (Å²) < 4.78 is 27.8. The number of imidazole rings is 1. The molecule has 0 N–H and O–H groups in total. The molecule has 8 heteroatoms. The van der Waals surface area contributed by atoms with Crippen LogP contribution in [0.2, 0.25) is 0 Å². The van der Waals surface area contributed by atoms with Crippen LogP contribution in [0.15, 0.2) is 34.2 Å². The Kier molecular flexibility index (Phi) is 3.09. The molecule has 96 valence electrons. The Morgan fingerprint density at radius 1 is 1.33 bits per heavy atom. The highest BCUT2D eigenvalue weighted by Gasteiger charge is 2.13. The molecule has 18 heavy (non-hydrogen) atoms. The lowest BCUT2D eigenvalue weighted by molar-refractivity contribution is 0.0666. The number of aryl methyl sites for hydroxylation is 1. The van der Waals surface area contributed by atoms with Crippen LogP contribution < -0.4 is 11.2 Å². The molecule has 0 bridgehead atoms. The van der Waals surface area contributed by atoms with Gasteiger partial charge in [0.25, 0.3) is 5.56 Å². The van der Waals surface area contributed by atoms with Crippen molar-refractivity contribution in [2.24, 2.45) is 7.05 Å². The van der Waals surface area contributed by atoms with E-state index >= 15 is 0 Å². The summed E-state index contributed by atoms with van der Waals surface area (Å²) in [6.07, 6.45) is 3.61. The van der Waals surface area contributed by atoms with Crippen LogP contribution in [0.1, 0.15) is 12.4 Å². The molecule has 6 nitrogen and oxygen atoms in total. The van der Waals surface area contributed by atoms with Crippen molar-refractivity contribution in [1.29, 1.82) is 0 Å². The Morgan fingerprint density at radius 2 is 2.06 bits per heavy atom. The van der Waals surface area contributed by atoms with Gasteiger partial charge in [-0.3, -0.25) is 13.9 Å². The summed E-state index contributed by atoms with van der Waals surface area (Å²) in [5.74, 6) is -0.0459. The highest BCUT2D eigenvalue weighted by molar-refractivity contribution is 4.96. The molecule has 2 aromatic rings. The van der Waals surface area contributed by atoms with Crippen molar-refractivity contribution in [3.05, 3.63) is 51.3 Å². The molecule has 2 heterocycles. The van der Waals surface area contributed by atoms with Crippen molar-refractivity contribution in [3.8, 4) is 0 Å². The van der Waals surface area contributed by atoms with E-state index in [2.05, 4.69) is 4.98 Å². The molecule has 0 aromatic carbocycles. The van der Waals surface area contributed by atoms with E-state index in [0.29, 0.717) is 4.57 Å². The van der Waals surface area contributed by atoms with Gasteiger partial charge in [0.1, 0.15) is 5.82 Å². The summed E-state index contributed by atoms with van der Waals surface area (Å²) in [5.41, 5.74) is -1.13. The van der Waals surface area contributed by atoms with Gasteiger partial charge in [-0.05, 0) is 0 Å². The Bertz CT molecular complexity index is 671. The molecular formula is C10H10F2N4O2. The summed E-state index contributed by atoms with van der Waals surface area (Å²) in [5, 5.41) is 0. The van der Waals surface area contributed by atoms with Crippen LogP contribution in [0.3, 0.4) is 0 Å². The quantitative estimate of drug-likeness (QED) is 0.787. The normalized spacial score (nSPS) is 11.1. The number of nitrogens with zero attached hydrogens (tertiary/aromatic N) is 4. The summed E-state index contributed by atoms with van der Waals surface area (Å²) >= 11 is 0. The third-order valence-corrected chi connectivity index (χ3v) is 2.50. The SMILES string of the molecule is Cn1ccc(=O)n(Cc2nccn2C(F)F)c1=O. The van der Waals surface area contributed by atoms with Gasteiger partial charge in [0.15, 0.2) is 0 Å². The molecule has 2 aromatic heterocycles. The summed E-state index contributed by atoms with van der Waals surface area (Å²) in [7, 11) is 1.47. The number of aromatic nitrogens is 4.